The van der Waals surface area contributed by atoms with E-state index in [1.165, 1.54) is 90.6 Å². The Labute approximate surface area is 918 Å². The number of carbonyl (C=O) groups excluding carboxylic acids is 1. The molecule has 0 amide bonds. The van der Waals surface area contributed by atoms with Crippen molar-refractivity contribution < 1.29 is 98.5 Å². The summed E-state index contributed by atoms with van der Waals surface area (Å²) in [4.78, 5) is 42.2. The van der Waals surface area contributed by atoms with Crippen molar-refractivity contribution >= 4 is 16.7 Å². The van der Waals surface area contributed by atoms with Gasteiger partial charge in [0.05, 0.1) is 11.3 Å². The summed E-state index contributed by atoms with van der Waals surface area (Å²) in [5.74, 6) is 2.25. The molecule has 19 aromatic rings. The Hall–Kier alpha value is -13.2. The van der Waals surface area contributed by atoms with Gasteiger partial charge in [-0.1, -0.05) is 257 Å². The molecular weight excluding hydrogens is 2470 g/mol. The minimum absolute atomic E-state index is 0. The minimum Gasteiger partial charge on any atom is -0.512 e. The molecule has 0 saturated carbocycles. The van der Waals surface area contributed by atoms with Crippen LogP contribution in [-0.4, -0.2) is 45.8 Å². The van der Waals surface area contributed by atoms with E-state index in [1.54, 1.807) is 30.3 Å². The van der Waals surface area contributed by atoms with Crippen LogP contribution in [0.4, 0.5) is 0 Å². The third kappa shape index (κ3) is 38.1. The quantitative estimate of drug-likeness (QED) is 0.0451. The molecule has 4 radical (unpaired) electrons. The van der Waals surface area contributed by atoms with Crippen LogP contribution in [0.2, 0.25) is 0 Å². The van der Waals surface area contributed by atoms with Gasteiger partial charge in [0.1, 0.15) is 0 Å². The molecule has 12 aromatic carbocycles. The van der Waals surface area contributed by atoms with Gasteiger partial charge in [-0.15, -0.1) is 250 Å². The fourth-order valence-electron chi connectivity index (χ4n) is 15.3. The first kappa shape index (κ1) is 107. The Morgan fingerprint density at radius 3 is 1.19 bits per heavy atom. The van der Waals surface area contributed by atoms with Crippen LogP contribution in [-0.2, 0) is 98.1 Å². The summed E-state index contributed by atoms with van der Waals surface area (Å²) in [6.07, 6.45) is 14.9. The fourth-order valence-corrected chi connectivity index (χ4v) is 15.3. The van der Waals surface area contributed by atoms with Crippen molar-refractivity contribution in [3.63, 3.8) is 0 Å². The maximum atomic E-state index is 11.2. The molecule has 7 aromatic heterocycles. The number of aliphatic hydroxyl groups excluding tert-OH is 1. The van der Waals surface area contributed by atoms with E-state index in [0.29, 0.717) is 42.2 Å². The average molecular weight is 2600 g/mol. The van der Waals surface area contributed by atoms with Gasteiger partial charge in [0.15, 0.2) is 5.78 Å². The maximum Gasteiger partial charge on any atom is 0.159 e. The van der Waals surface area contributed by atoms with Gasteiger partial charge in [-0.25, -0.2) is 0 Å². The number of hydrogen-bond donors (Lipinski definition) is 1. The van der Waals surface area contributed by atoms with Crippen LogP contribution in [0.15, 0.2) is 407 Å². The zero-order valence-corrected chi connectivity index (χ0v) is 93.1. The standard InChI is InChI=1S/C27H26N.C21H20N.2C18H14N.3C12H10N.C11H20O2.4Ir/c1-18(2)12-23-17-27(24-14-19(3)13-20(4)15-24)28-26-11-10-22(16-25(23)26)21-8-6-5-7-9-21;1-16(2)14-17-8-10-18(11-9-17)20-12-13-22-21(15-20)19-6-4-3-5-7-19;1-14-12-18(16-10-6-3-7-11-16)19-13-17(14)15-8-4-2-5-9-15;1-14-10-11-18(19-13-14)17-9-5-8-16(12-17)15-6-3-2-4-7-15;1-10-7-8-13-12(9-10)11-5-3-2-4-6-11;2*1-10-7-8-12(13-9-10)11-5-3-2-4-6-11;1-8(2)5-10(12)7-11(13)6-9(3)4;;;;/h5-11,13-14,16-18H,12H2,1-4H3;3-6,8-13,15-16H,14H2,1-2H3;2-10,12-13H,1H3;2-8,10-13H,1H3;3*2-5,7-9H,1H3;7-9,12H,5-6H2,1-4H3;;;;/q7*-1;;;;;/i;;;1D3;;1D3;;;;;;. The zero-order valence-electron chi connectivity index (χ0n) is 89.6. The second-order valence-corrected chi connectivity index (χ2v) is 35.9. The molecule has 0 unspecified atom stereocenters. The van der Waals surface area contributed by atoms with Crippen molar-refractivity contribution in [3.05, 3.63) is 499 Å². The summed E-state index contributed by atoms with van der Waals surface area (Å²) in [5, 5.41) is 10.6. The molecule has 0 aliphatic rings. The van der Waals surface area contributed by atoms with E-state index >= 15 is 0 Å². The molecule has 19 rings (SSSR count). The monoisotopic (exact) mass is 2600 g/mol. The van der Waals surface area contributed by atoms with Gasteiger partial charge in [0.2, 0.25) is 0 Å². The van der Waals surface area contributed by atoms with Gasteiger partial charge in [0, 0.05) is 156 Å². The molecule has 738 valence electrons. The Balaban J connectivity index is 0.000000211. The van der Waals surface area contributed by atoms with Gasteiger partial charge in [0.25, 0.3) is 0 Å². The van der Waals surface area contributed by atoms with E-state index in [4.69, 9.17) is 13.2 Å². The Morgan fingerprint density at radius 1 is 0.319 bits per heavy atom. The third-order valence-electron chi connectivity index (χ3n) is 22.0. The molecule has 7 heterocycles. The minimum atomic E-state index is -2.12. The van der Waals surface area contributed by atoms with Crippen molar-refractivity contribution in [2.45, 2.75) is 129 Å². The Morgan fingerprint density at radius 2 is 0.743 bits per heavy atom. The van der Waals surface area contributed by atoms with E-state index in [0.717, 1.165) is 108 Å². The second-order valence-electron chi connectivity index (χ2n) is 35.9. The van der Waals surface area contributed by atoms with E-state index in [1.807, 2.05) is 254 Å². The van der Waals surface area contributed by atoms with E-state index in [9.17, 15) is 9.90 Å². The topological polar surface area (TPSA) is 128 Å². The first-order valence-electron chi connectivity index (χ1n) is 50.5. The van der Waals surface area contributed by atoms with E-state index in [2.05, 4.69) is 261 Å². The van der Waals surface area contributed by atoms with Crippen molar-refractivity contribution in [1.82, 2.24) is 34.9 Å². The van der Waals surface area contributed by atoms with Crippen molar-refractivity contribution in [1.29, 1.82) is 0 Å². The molecular formula is C131H124Ir4N7O2-7. The van der Waals surface area contributed by atoms with Crippen LogP contribution in [0.1, 0.15) is 127 Å². The normalized spacial score (nSPS) is 11.2. The number of rotatable bonds is 20. The van der Waals surface area contributed by atoms with Crippen LogP contribution >= 0.6 is 0 Å². The average Bonchev–Trinajstić information content (AvgIpc) is 0.775. The number of ketones is 1. The summed E-state index contributed by atoms with van der Waals surface area (Å²) in [6.45, 7) is 23.3. The molecule has 0 aliphatic carbocycles. The SMILES string of the molecule is CC(C)CC(=O)C=C(O)CC(C)C.CC(C)Cc1ccc(-c2ccnc(-c3[c-]cccc3)c2)cc1.Cc1[c-]c(-c2cc(CC(C)C)c3cc(-c4ccccc4)ccc3n2)cc(C)c1.Cc1cc(-c2[c-]cccc2)ncc1-c1ccccc1.Cc1ccc(-c2[c-]cccc2)nc1.Cc1ccnc(-c2[c-]cccc2)c1.[2H]C([2H])([2H])c1ccc(-c2[c-]ccc(-c3ccccc3)c2)nc1.[2H]C([2H])([2H])c1ccc(-c2[c-]cccc2)nc1.[Ir].[Ir].[Ir].[Ir]. The predicted octanol–water partition coefficient (Wildman–Crippen LogP) is 33.3. The summed E-state index contributed by atoms with van der Waals surface area (Å²) < 4.78 is 43.8. The smallest absolute Gasteiger partial charge is 0.159 e. The number of carbonyl (C=O) groups is 1. The van der Waals surface area contributed by atoms with Crippen LogP contribution in [0.25, 0.3) is 134 Å². The molecule has 9 nitrogen and oxygen atoms in total. The molecule has 144 heavy (non-hydrogen) atoms. The fraction of sp³-hybridized carbons (Fsp3) is 0.176. The molecule has 13 heteroatoms. The van der Waals surface area contributed by atoms with Crippen molar-refractivity contribution in [2.75, 3.05) is 0 Å². The number of nitrogens with zero attached hydrogens (tertiary/aromatic N) is 7. The van der Waals surface area contributed by atoms with Gasteiger partial charge >= 0.3 is 0 Å². The molecule has 0 fully saturated rings. The third-order valence-corrected chi connectivity index (χ3v) is 22.0. The van der Waals surface area contributed by atoms with E-state index in [-0.39, 0.29) is 103 Å². The second kappa shape index (κ2) is 61.0. The summed E-state index contributed by atoms with van der Waals surface area (Å²) in [7, 11) is 0. The molecule has 0 atom stereocenters. The summed E-state index contributed by atoms with van der Waals surface area (Å²) in [5.41, 5.74) is 33.1. The number of aryl methyl sites for hydroxylation is 7. The van der Waals surface area contributed by atoms with E-state index < -0.39 is 13.7 Å². The summed E-state index contributed by atoms with van der Waals surface area (Å²) in [6, 6.07) is 141. The van der Waals surface area contributed by atoms with Gasteiger partial charge in [-0.2, -0.15) is 0 Å². The molecule has 0 bridgehead atoms. The number of benzene rings is 12. The van der Waals surface area contributed by atoms with Crippen molar-refractivity contribution in [3.8, 4) is 123 Å². The Bertz CT molecular complexity index is 7270. The first-order chi connectivity index (χ1) is 70.3. The van der Waals surface area contributed by atoms with Crippen LogP contribution in [0.5, 0.6) is 0 Å². The van der Waals surface area contributed by atoms with Crippen LogP contribution in [0.3, 0.4) is 0 Å². The molecule has 0 spiro atoms. The largest absolute Gasteiger partial charge is 0.512 e. The Kier molecular flexibility index (Phi) is 45.1. The van der Waals surface area contributed by atoms with Gasteiger partial charge in [-0.3, -0.25) is 9.78 Å². The predicted molar refractivity (Wildman–Crippen MR) is 584 cm³/mol. The number of pyridine rings is 7. The summed E-state index contributed by atoms with van der Waals surface area (Å²) >= 11 is 0. The first-order valence-corrected chi connectivity index (χ1v) is 47.5. The number of fused-ring (bicyclic) bond motifs is 1. The molecule has 0 saturated heterocycles. The number of hydrogen-bond acceptors (Lipinski definition) is 9. The van der Waals surface area contributed by atoms with Crippen LogP contribution < -0.4 is 0 Å². The van der Waals surface area contributed by atoms with Gasteiger partial charge in [-0.05, 0) is 202 Å². The van der Waals surface area contributed by atoms with Crippen molar-refractivity contribution in [2.24, 2.45) is 23.7 Å². The maximum absolute atomic E-state index is 11.2. The number of aromatic nitrogens is 7. The van der Waals surface area contributed by atoms with Gasteiger partial charge < -0.3 is 35.0 Å². The zero-order chi connectivity index (χ0) is 104. The van der Waals surface area contributed by atoms with Crippen LogP contribution in [0, 0.1) is 114 Å². The number of aliphatic hydroxyl groups is 1. The molecule has 0 aliphatic heterocycles. The molecule has 1 N–H and O–H groups in total. The number of allylic oxidation sites excluding steroid dienone is 2.